The lowest BCUT2D eigenvalue weighted by molar-refractivity contribution is 0.0648. The average Bonchev–Trinajstić information content (AvgIpc) is 2.23. The van der Waals surface area contributed by atoms with E-state index in [1.54, 1.807) is 0 Å². The molecule has 0 radical (unpaired) electrons. The minimum Gasteiger partial charge on any atom is -0.395 e. The number of β-amino-alcohol motifs (C(OH)–C–C–N with tert-alkyl or cyclic N) is 1. The summed E-state index contributed by atoms with van der Waals surface area (Å²) in [5, 5.41) is 12.1. The van der Waals surface area contributed by atoms with Gasteiger partial charge in [0.15, 0.2) is 0 Å². The van der Waals surface area contributed by atoms with E-state index in [4.69, 9.17) is 5.11 Å². The van der Waals surface area contributed by atoms with Gasteiger partial charge in [-0.2, -0.15) is 0 Å². The molecule has 0 amide bonds. The van der Waals surface area contributed by atoms with Gasteiger partial charge in [0, 0.05) is 45.8 Å². The summed E-state index contributed by atoms with van der Waals surface area (Å²) in [5.41, 5.74) is 0. The van der Waals surface area contributed by atoms with Crippen LogP contribution in [0.25, 0.3) is 0 Å². The van der Waals surface area contributed by atoms with Crippen molar-refractivity contribution in [2.75, 3.05) is 59.0 Å². The average molecular weight is 213 g/mol. The van der Waals surface area contributed by atoms with E-state index in [1.165, 1.54) is 39.1 Å². The third-order valence-corrected chi connectivity index (χ3v) is 3.51. The second kappa shape index (κ2) is 5.80. The minimum atomic E-state index is 0.310. The second-order valence-corrected chi connectivity index (χ2v) is 4.73. The molecule has 15 heavy (non-hydrogen) atoms. The van der Waals surface area contributed by atoms with Gasteiger partial charge in [-0.25, -0.2) is 0 Å². The highest BCUT2D eigenvalue weighted by Gasteiger charge is 2.26. The van der Waals surface area contributed by atoms with E-state index in [9.17, 15) is 0 Å². The summed E-state index contributed by atoms with van der Waals surface area (Å²) in [6.45, 7) is 9.58. The number of rotatable bonds is 5. The Balaban J connectivity index is 1.52. The minimum absolute atomic E-state index is 0.310. The first-order valence-electron chi connectivity index (χ1n) is 6.15. The Morgan fingerprint density at radius 2 is 1.80 bits per heavy atom. The number of piperazine rings is 1. The van der Waals surface area contributed by atoms with Crippen molar-refractivity contribution in [1.82, 2.24) is 15.1 Å². The van der Waals surface area contributed by atoms with E-state index in [1.807, 2.05) is 0 Å². The van der Waals surface area contributed by atoms with Crippen LogP contribution in [-0.4, -0.2) is 73.9 Å². The number of hydrogen-bond acceptors (Lipinski definition) is 4. The molecule has 2 fully saturated rings. The van der Waals surface area contributed by atoms with Crippen molar-refractivity contribution < 1.29 is 5.11 Å². The summed E-state index contributed by atoms with van der Waals surface area (Å²) >= 11 is 0. The molecule has 4 heteroatoms. The van der Waals surface area contributed by atoms with Gasteiger partial charge in [0.1, 0.15) is 0 Å². The van der Waals surface area contributed by atoms with Crippen LogP contribution in [0.3, 0.4) is 0 Å². The summed E-state index contributed by atoms with van der Waals surface area (Å²) in [5.74, 6) is 0.881. The Bertz CT molecular complexity index is 177. The Kier molecular flexibility index (Phi) is 4.38. The maximum absolute atomic E-state index is 8.76. The molecular formula is C11H23N3O. The number of nitrogens with zero attached hydrogens (tertiary/aromatic N) is 2. The van der Waals surface area contributed by atoms with Crippen LogP contribution in [0.1, 0.15) is 6.42 Å². The maximum atomic E-state index is 8.76. The zero-order valence-electron chi connectivity index (χ0n) is 9.49. The maximum Gasteiger partial charge on any atom is 0.0558 e. The predicted octanol–water partition coefficient (Wildman–Crippen LogP) is -0.794. The monoisotopic (exact) mass is 213 g/mol. The predicted molar refractivity (Wildman–Crippen MR) is 60.9 cm³/mol. The van der Waals surface area contributed by atoms with Gasteiger partial charge in [-0.1, -0.05) is 0 Å². The molecule has 0 spiro atoms. The molecule has 2 heterocycles. The molecule has 0 aromatic carbocycles. The molecule has 2 N–H and O–H groups in total. The molecule has 0 aliphatic carbocycles. The van der Waals surface area contributed by atoms with Gasteiger partial charge in [-0.3, -0.25) is 0 Å². The summed E-state index contributed by atoms with van der Waals surface area (Å²) in [6, 6.07) is 0. The van der Waals surface area contributed by atoms with Crippen LogP contribution in [0.2, 0.25) is 0 Å². The molecule has 0 atom stereocenters. The highest BCUT2D eigenvalue weighted by atomic mass is 16.3. The highest BCUT2D eigenvalue weighted by molar-refractivity contribution is 4.80. The Morgan fingerprint density at radius 1 is 1.07 bits per heavy atom. The number of aliphatic hydroxyl groups excluding tert-OH is 1. The van der Waals surface area contributed by atoms with Gasteiger partial charge in [0.25, 0.3) is 0 Å². The largest absolute Gasteiger partial charge is 0.395 e. The van der Waals surface area contributed by atoms with Gasteiger partial charge in [-0.05, 0) is 18.9 Å². The molecule has 88 valence electrons. The number of hydrogen-bond donors (Lipinski definition) is 2. The lowest BCUT2D eigenvalue weighted by atomic mass is 9.96. The fourth-order valence-electron chi connectivity index (χ4n) is 2.48. The molecule has 0 saturated carbocycles. The van der Waals surface area contributed by atoms with Crippen LogP contribution in [-0.2, 0) is 0 Å². The van der Waals surface area contributed by atoms with Gasteiger partial charge in [-0.15, -0.1) is 0 Å². The SMILES string of the molecule is OCCN1CC(CCN2CCNCC2)C1. The molecule has 0 aromatic rings. The number of nitrogens with one attached hydrogen (secondary N) is 1. The van der Waals surface area contributed by atoms with E-state index in [0.29, 0.717) is 6.61 Å². The molecule has 2 rings (SSSR count). The first kappa shape index (κ1) is 11.3. The smallest absolute Gasteiger partial charge is 0.0558 e. The van der Waals surface area contributed by atoms with Crippen molar-refractivity contribution in [2.45, 2.75) is 6.42 Å². The van der Waals surface area contributed by atoms with Crippen LogP contribution < -0.4 is 5.32 Å². The second-order valence-electron chi connectivity index (χ2n) is 4.73. The fraction of sp³-hybridized carbons (Fsp3) is 1.00. The summed E-state index contributed by atoms with van der Waals surface area (Å²) in [6.07, 6.45) is 1.34. The molecular weight excluding hydrogens is 190 g/mol. The van der Waals surface area contributed by atoms with Crippen molar-refractivity contribution >= 4 is 0 Å². The van der Waals surface area contributed by atoms with Crippen LogP contribution >= 0.6 is 0 Å². The zero-order valence-corrected chi connectivity index (χ0v) is 9.49. The molecule has 0 unspecified atom stereocenters. The van der Waals surface area contributed by atoms with E-state index in [-0.39, 0.29) is 0 Å². The Morgan fingerprint density at radius 3 is 2.47 bits per heavy atom. The van der Waals surface area contributed by atoms with E-state index >= 15 is 0 Å². The third kappa shape index (κ3) is 3.41. The molecule has 0 aromatic heterocycles. The lowest BCUT2D eigenvalue weighted by Crippen LogP contribution is -2.50. The molecule has 4 nitrogen and oxygen atoms in total. The molecule has 2 aliphatic rings. The molecule has 2 saturated heterocycles. The van der Waals surface area contributed by atoms with E-state index in [0.717, 1.165) is 25.6 Å². The van der Waals surface area contributed by atoms with Crippen LogP contribution in [0.4, 0.5) is 0 Å². The summed E-state index contributed by atoms with van der Waals surface area (Å²) < 4.78 is 0. The van der Waals surface area contributed by atoms with Crippen molar-refractivity contribution in [1.29, 1.82) is 0 Å². The molecule has 2 aliphatic heterocycles. The van der Waals surface area contributed by atoms with Gasteiger partial charge >= 0.3 is 0 Å². The first-order valence-corrected chi connectivity index (χ1v) is 6.15. The summed E-state index contributed by atoms with van der Waals surface area (Å²) in [4.78, 5) is 4.90. The Hall–Kier alpha value is -0.160. The lowest BCUT2D eigenvalue weighted by Gasteiger charge is -2.40. The van der Waals surface area contributed by atoms with Crippen molar-refractivity contribution in [2.24, 2.45) is 5.92 Å². The van der Waals surface area contributed by atoms with Crippen LogP contribution in [0, 0.1) is 5.92 Å². The topological polar surface area (TPSA) is 38.7 Å². The zero-order chi connectivity index (χ0) is 10.5. The van der Waals surface area contributed by atoms with E-state index < -0.39 is 0 Å². The normalized spacial score (nSPS) is 25.4. The quantitative estimate of drug-likeness (QED) is 0.627. The number of aliphatic hydroxyl groups is 1. The first-order chi connectivity index (χ1) is 7.38. The van der Waals surface area contributed by atoms with Crippen molar-refractivity contribution in [3.63, 3.8) is 0 Å². The van der Waals surface area contributed by atoms with Gasteiger partial charge < -0.3 is 20.2 Å². The van der Waals surface area contributed by atoms with Crippen LogP contribution in [0.15, 0.2) is 0 Å². The van der Waals surface area contributed by atoms with Gasteiger partial charge in [0.2, 0.25) is 0 Å². The molecule has 0 bridgehead atoms. The summed E-state index contributed by atoms with van der Waals surface area (Å²) in [7, 11) is 0. The van der Waals surface area contributed by atoms with Crippen molar-refractivity contribution in [3.8, 4) is 0 Å². The standard InChI is InChI=1S/C11H23N3O/c15-8-7-14-9-11(10-14)1-4-13-5-2-12-3-6-13/h11-12,15H,1-10H2. The Labute approximate surface area is 92.2 Å². The van der Waals surface area contributed by atoms with Crippen LogP contribution in [0.5, 0.6) is 0 Å². The highest BCUT2D eigenvalue weighted by Crippen LogP contribution is 2.18. The van der Waals surface area contributed by atoms with E-state index in [2.05, 4.69) is 15.1 Å². The third-order valence-electron chi connectivity index (χ3n) is 3.51. The number of likely N-dealkylation sites (tertiary alicyclic amines) is 1. The van der Waals surface area contributed by atoms with Crippen molar-refractivity contribution in [3.05, 3.63) is 0 Å². The fourth-order valence-corrected chi connectivity index (χ4v) is 2.48. The van der Waals surface area contributed by atoms with Gasteiger partial charge in [0.05, 0.1) is 6.61 Å².